The van der Waals surface area contributed by atoms with Crippen LogP contribution in [0.5, 0.6) is 0 Å². The predicted octanol–water partition coefficient (Wildman–Crippen LogP) is 4.01. The van der Waals surface area contributed by atoms with Crippen molar-refractivity contribution in [3.63, 3.8) is 0 Å². The summed E-state index contributed by atoms with van der Waals surface area (Å²) in [6.45, 7) is 14.6. The molecule has 2 aliphatic rings. The second kappa shape index (κ2) is 8.21. The van der Waals surface area contributed by atoms with Crippen molar-refractivity contribution in [1.82, 2.24) is 10.2 Å². The summed E-state index contributed by atoms with van der Waals surface area (Å²) in [4.78, 5) is 2.80. The van der Waals surface area contributed by atoms with Gasteiger partial charge in [0.15, 0.2) is 0 Å². The molecule has 0 radical (unpaired) electrons. The zero-order valence-corrected chi connectivity index (χ0v) is 15.5. The topological polar surface area (TPSA) is 15.3 Å². The zero-order chi connectivity index (χ0) is 15.3. The van der Waals surface area contributed by atoms with E-state index in [4.69, 9.17) is 0 Å². The van der Waals surface area contributed by atoms with E-state index < -0.39 is 0 Å². The average molecular weight is 313 g/mol. The molecule has 3 heteroatoms. The van der Waals surface area contributed by atoms with Gasteiger partial charge in [-0.3, -0.25) is 4.90 Å². The molecule has 2 rings (SSSR count). The number of nitrogens with zero attached hydrogens (tertiary/aromatic N) is 1. The summed E-state index contributed by atoms with van der Waals surface area (Å²) in [7, 11) is 0. The van der Waals surface area contributed by atoms with Crippen LogP contribution < -0.4 is 5.32 Å². The molecule has 124 valence electrons. The van der Waals surface area contributed by atoms with Gasteiger partial charge in [0.25, 0.3) is 0 Å². The molecule has 1 saturated heterocycles. The van der Waals surface area contributed by atoms with Crippen molar-refractivity contribution in [3.8, 4) is 0 Å². The van der Waals surface area contributed by atoms with E-state index >= 15 is 0 Å². The van der Waals surface area contributed by atoms with Crippen molar-refractivity contribution >= 4 is 11.8 Å². The van der Waals surface area contributed by atoms with Gasteiger partial charge < -0.3 is 5.32 Å². The molecule has 4 atom stereocenters. The van der Waals surface area contributed by atoms with Crippen LogP contribution in [-0.4, -0.2) is 48.1 Å². The molecule has 0 aromatic heterocycles. The fourth-order valence-electron chi connectivity index (χ4n) is 4.31. The first-order chi connectivity index (χ1) is 10.1. The second-order valence-corrected chi connectivity index (χ2v) is 9.15. The van der Waals surface area contributed by atoms with E-state index in [1.54, 1.807) is 0 Å². The highest BCUT2D eigenvalue weighted by Crippen LogP contribution is 2.41. The van der Waals surface area contributed by atoms with Crippen molar-refractivity contribution < 1.29 is 0 Å². The minimum Gasteiger partial charge on any atom is -0.316 e. The number of nitrogens with one attached hydrogen (secondary N) is 1. The van der Waals surface area contributed by atoms with E-state index in [1.807, 2.05) is 0 Å². The third-order valence-electron chi connectivity index (χ3n) is 5.67. The van der Waals surface area contributed by atoms with Crippen LogP contribution >= 0.6 is 11.8 Å². The number of hydrogen-bond donors (Lipinski definition) is 1. The maximum Gasteiger partial charge on any atom is 0.0184 e. The van der Waals surface area contributed by atoms with E-state index in [1.165, 1.54) is 64.0 Å². The van der Waals surface area contributed by atoms with Crippen LogP contribution in [0.15, 0.2) is 0 Å². The lowest BCUT2D eigenvalue weighted by Crippen LogP contribution is -2.53. The maximum absolute atomic E-state index is 3.75. The van der Waals surface area contributed by atoms with E-state index in [2.05, 4.69) is 49.7 Å². The highest BCUT2D eigenvalue weighted by molar-refractivity contribution is 8.00. The first kappa shape index (κ1) is 17.6. The van der Waals surface area contributed by atoms with Crippen LogP contribution in [0.4, 0.5) is 0 Å². The van der Waals surface area contributed by atoms with Crippen LogP contribution in [0.2, 0.25) is 0 Å². The minimum absolute atomic E-state index is 0.531. The number of rotatable bonds is 6. The summed E-state index contributed by atoms with van der Waals surface area (Å²) in [5.41, 5.74) is 0.531. The van der Waals surface area contributed by atoms with Gasteiger partial charge in [0.05, 0.1) is 0 Å². The summed E-state index contributed by atoms with van der Waals surface area (Å²) in [6.07, 6.45) is 6.98. The monoisotopic (exact) mass is 312 g/mol. The zero-order valence-electron chi connectivity index (χ0n) is 14.7. The van der Waals surface area contributed by atoms with Crippen molar-refractivity contribution in [2.45, 2.75) is 71.1 Å². The molecule has 4 unspecified atom stereocenters. The molecule has 2 fully saturated rings. The molecule has 0 aromatic rings. The maximum atomic E-state index is 3.75. The molecule has 1 saturated carbocycles. The van der Waals surface area contributed by atoms with Crippen LogP contribution in [-0.2, 0) is 0 Å². The molecule has 2 nitrogen and oxygen atoms in total. The summed E-state index contributed by atoms with van der Waals surface area (Å²) in [6, 6.07) is 0.740. The smallest absolute Gasteiger partial charge is 0.0184 e. The molecule has 0 aromatic carbocycles. The Balaban J connectivity index is 2.00. The third kappa shape index (κ3) is 4.87. The first-order valence-corrected chi connectivity index (χ1v) is 10.2. The minimum atomic E-state index is 0.531. The molecule has 1 N–H and O–H groups in total. The van der Waals surface area contributed by atoms with Gasteiger partial charge in [-0.15, -0.1) is 0 Å². The third-order valence-corrected chi connectivity index (χ3v) is 7.00. The first-order valence-electron chi connectivity index (χ1n) is 9.13. The van der Waals surface area contributed by atoms with Gasteiger partial charge in [-0.1, -0.05) is 33.6 Å². The van der Waals surface area contributed by atoms with Gasteiger partial charge in [0.1, 0.15) is 0 Å². The molecule has 21 heavy (non-hydrogen) atoms. The Kier molecular flexibility index (Phi) is 6.89. The van der Waals surface area contributed by atoms with Gasteiger partial charge in [-0.2, -0.15) is 11.8 Å². The highest BCUT2D eigenvalue weighted by atomic mass is 32.2. The Bertz CT molecular complexity index is 310. The van der Waals surface area contributed by atoms with Crippen LogP contribution in [0.3, 0.4) is 0 Å². The molecule has 1 heterocycles. The molecule has 0 bridgehead atoms. The summed E-state index contributed by atoms with van der Waals surface area (Å²) in [5, 5.41) is 4.54. The van der Waals surface area contributed by atoms with Crippen molar-refractivity contribution in [2.24, 2.45) is 11.3 Å². The molecule has 0 spiro atoms. The molecular formula is C18H36N2S. The fraction of sp³-hybridized carbons (Fsp3) is 1.00. The van der Waals surface area contributed by atoms with Crippen molar-refractivity contribution in [2.75, 3.05) is 31.9 Å². The van der Waals surface area contributed by atoms with Gasteiger partial charge >= 0.3 is 0 Å². The Morgan fingerprint density at radius 2 is 2.10 bits per heavy atom. The number of hydrogen-bond acceptors (Lipinski definition) is 3. The highest BCUT2D eigenvalue weighted by Gasteiger charge is 2.38. The van der Waals surface area contributed by atoms with E-state index in [-0.39, 0.29) is 0 Å². The number of thioether (sulfide) groups is 1. The van der Waals surface area contributed by atoms with E-state index in [0.717, 1.165) is 17.2 Å². The van der Waals surface area contributed by atoms with Gasteiger partial charge in [-0.05, 0) is 44.1 Å². The molecular weight excluding hydrogens is 276 g/mol. The normalized spacial score (nSPS) is 38.6. The summed E-state index contributed by atoms with van der Waals surface area (Å²) in [5.74, 6) is 2.23. The van der Waals surface area contributed by atoms with Gasteiger partial charge in [0.2, 0.25) is 0 Å². The lowest BCUT2D eigenvalue weighted by atomic mass is 9.69. The van der Waals surface area contributed by atoms with Crippen molar-refractivity contribution in [1.29, 1.82) is 0 Å². The Labute approximate surface area is 136 Å². The standard InChI is InChI=1S/C18H36N2S/c1-5-9-19-13-18(8-6-7-15(2)12-18)14-20-10-11-21-17(4)16(20)3/h15-17,19H,5-14H2,1-4H3. The van der Waals surface area contributed by atoms with Gasteiger partial charge in [-0.25, -0.2) is 0 Å². The lowest BCUT2D eigenvalue weighted by molar-refractivity contribution is 0.0629. The Morgan fingerprint density at radius 1 is 1.29 bits per heavy atom. The Hall–Kier alpha value is 0.270. The quantitative estimate of drug-likeness (QED) is 0.746. The fourth-order valence-corrected chi connectivity index (χ4v) is 5.47. The second-order valence-electron chi connectivity index (χ2n) is 7.67. The lowest BCUT2D eigenvalue weighted by Gasteiger charge is -2.47. The molecule has 1 aliphatic carbocycles. The van der Waals surface area contributed by atoms with Crippen LogP contribution in [0.25, 0.3) is 0 Å². The van der Waals surface area contributed by atoms with E-state index in [9.17, 15) is 0 Å². The largest absolute Gasteiger partial charge is 0.316 e. The summed E-state index contributed by atoms with van der Waals surface area (Å²) >= 11 is 2.16. The average Bonchev–Trinajstić information content (AvgIpc) is 2.44. The van der Waals surface area contributed by atoms with Crippen molar-refractivity contribution in [3.05, 3.63) is 0 Å². The van der Waals surface area contributed by atoms with Gasteiger partial charge in [0, 0.05) is 36.7 Å². The van der Waals surface area contributed by atoms with Crippen LogP contribution in [0.1, 0.15) is 59.8 Å². The Morgan fingerprint density at radius 3 is 2.81 bits per heavy atom. The van der Waals surface area contributed by atoms with Crippen LogP contribution in [0, 0.1) is 11.3 Å². The molecule has 1 aliphatic heterocycles. The SMILES string of the molecule is CCCNCC1(CN2CCSC(C)C2C)CCCC(C)C1. The summed E-state index contributed by atoms with van der Waals surface area (Å²) < 4.78 is 0. The van der Waals surface area contributed by atoms with E-state index in [0.29, 0.717) is 5.41 Å². The molecule has 0 amide bonds. The predicted molar refractivity (Wildman–Crippen MR) is 96.2 cm³/mol.